The molecule has 0 aliphatic carbocycles. The SMILES string of the molecule is C[C@@H](c1c[nH]c2c1N1NC2(O)NC1=O)[C@H](S)[C@H](O)CCO. The van der Waals surface area contributed by atoms with Gasteiger partial charge in [-0.1, -0.05) is 6.92 Å². The smallest absolute Gasteiger partial charge is 0.340 e. The van der Waals surface area contributed by atoms with Crippen molar-refractivity contribution in [3.8, 4) is 0 Å². The summed E-state index contributed by atoms with van der Waals surface area (Å²) in [6.45, 7) is 1.75. The first-order valence-corrected chi connectivity index (χ1v) is 7.22. The predicted molar refractivity (Wildman–Crippen MR) is 77.7 cm³/mol. The van der Waals surface area contributed by atoms with Gasteiger partial charge in [-0.2, -0.15) is 18.1 Å². The number of aliphatic hydroxyl groups is 3. The second-order valence-corrected chi connectivity index (χ2v) is 6.01. The number of aromatic nitrogens is 1. The molecule has 116 valence electrons. The lowest BCUT2D eigenvalue weighted by molar-refractivity contribution is 0.00421. The van der Waals surface area contributed by atoms with E-state index in [0.717, 1.165) is 5.56 Å². The van der Waals surface area contributed by atoms with E-state index >= 15 is 0 Å². The molecule has 1 unspecified atom stereocenters. The lowest BCUT2D eigenvalue weighted by Gasteiger charge is -2.25. The Morgan fingerprint density at radius 2 is 2.24 bits per heavy atom. The molecule has 1 aromatic rings. The normalized spacial score (nSPS) is 27.5. The van der Waals surface area contributed by atoms with Gasteiger partial charge in [0.05, 0.1) is 11.8 Å². The van der Waals surface area contributed by atoms with Crippen molar-refractivity contribution in [1.29, 1.82) is 0 Å². The first kappa shape index (κ1) is 14.7. The van der Waals surface area contributed by atoms with Crippen molar-refractivity contribution in [3.63, 3.8) is 0 Å². The van der Waals surface area contributed by atoms with Gasteiger partial charge in [0, 0.05) is 18.1 Å². The highest BCUT2D eigenvalue weighted by Gasteiger charge is 2.54. The Kier molecular flexibility index (Phi) is 3.41. The van der Waals surface area contributed by atoms with E-state index in [1.54, 1.807) is 6.20 Å². The van der Waals surface area contributed by atoms with Crippen molar-refractivity contribution in [3.05, 3.63) is 17.5 Å². The second kappa shape index (κ2) is 4.89. The summed E-state index contributed by atoms with van der Waals surface area (Å²) in [4.78, 5) is 14.7. The van der Waals surface area contributed by atoms with Gasteiger partial charge in [-0.15, -0.1) is 0 Å². The number of aliphatic hydroxyl groups excluding tert-OH is 2. The third kappa shape index (κ3) is 2.04. The molecule has 6 N–H and O–H groups in total. The maximum absolute atomic E-state index is 11.8. The van der Waals surface area contributed by atoms with Crippen molar-refractivity contribution in [2.45, 2.75) is 36.5 Å². The van der Waals surface area contributed by atoms with E-state index in [2.05, 4.69) is 28.4 Å². The predicted octanol–water partition coefficient (Wildman–Crippen LogP) is -0.690. The number of aromatic amines is 1. The molecule has 0 saturated carbocycles. The lowest BCUT2D eigenvalue weighted by Crippen LogP contribution is -2.45. The number of hydrogen-bond acceptors (Lipinski definition) is 6. The molecule has 2 bridgehead atoms. The fraction of sp³-hybridized carbons (Fsp3) is 0.583. The number of thiol groups is 1. The van der Waals surface area contributed by atoms with E-state index in [4.69, 9.17) is 5.11 Å². The van der Waals surface area contributed by atoms with E-state index < -0.39 is 23.2 Å². The summed E-state index contributed by atoms with van der Waals surface area (Å²) < 4.78 is 0. The first-order valence-electron chi connectivity index (χ1n) is 6.70. The molecule has 21 heavy (non-hydrogen) atoms. The Balaban J connectivity index is 1.91. The summed E-state index contributed by atoms with van der Waals surface area (Å²) in [5, 5.41) is 32.4. The number of carbonyl (C=O) groups excluding carboxylic acids is 1. The fourth-order valence-electron chi connectivity index (χ4n) is 2.84. The van der Waals surface area contributed by atoms with Crippen molar-refractivity contribution in [2.24, 2.45) is 0 Å². The molecule has 2 aliphatic heterocycles. The third-order valence-electron chi connectivity index (χ3n) is 4.05. The molecule has 3 rings (SSSR count). The molecule has 4 atom stereocenters. The number of carbonyl (C=O) groups is 1. The number of nitrogens with zero attached hydrogens (tertiary/aromatic N) is 1. The van der Waals surface area contributed by atoms with Gasteiger partial charge in [-0.25, -0.2) is 9.80 Å². The van der Waals surface area contributed by atoms with Crippen LogP contribution in [0.1, 0.15) is 30.5 Å². The largest absolute Gasteiger partial charge is 0.396 e. The number of H-pyrrole nitrogens is 1. The van der Waals surface area contributed by atoms with Gasteiger partial charge in [0.15, 0.2) is 0 Å². The van der Waals surface area contributed by atoms with Gasteiger partial charge in [0.2, 0.25) is 0 Å². The molecule has 0 radical (unpaired) electrons. The minimum Gasteiger partial charge on any atom is -0.396 e. The van der Waals surface area contributed by atoms with Crippen LogP contribution in [0.25, 0.3) is 0 Å². The molecule has 1 saturated heterocycles. The molecule has 8 nitrogen and oxygen atoms in total. The maximum atomic E-state index is 11.8. The average Bonchev–Trinajstić information content (AvgIpc) is 3.06. The number of hydrogen-bond donors (Lipinski definition) is 7. The molecule has 0 spiro atoms. The molecule has 3 heterocycles. The lowest BCUT2D eigenvalue weighted by atomic mass is 9.93. The van der Waals surface area contributed by atoms with Crippen molar-refractivity contribution in [1.82, 2.24) is 15.7 Å². The Labute approximate surface area is 126 Å². The topological polar surface area (TPSA) is 121 Å². The maximum Gasteiger partial charge on any atom is 0.340 e. The number of hydrazine groups is 1. The van der Waals surface area contributed by atoms with Gasteiger partial charge in [-0.3, -0.25) is 5.32 Å². The highest BCUT2D eigenvalue weighted by atomic mass is 32.1. The van der Waals surface area contributed by atoms with Gasteiger partial charge >= 0.3 is 6.03 Å². The van der Waals surface area contributed by atoms with Crippen molar-refractivity contribution in [2.75, 3.05) is 11.6 Å². The number of amides is 2. The van der Waals surface area contributed by atoms with Crippen LogP contribution < -0.4 is 15.8 Å². The van der Waals surface area contributed by atoms with Crippen LogP contribution in [0.4, 0.5) is 10.5 Å². The number of rotatable bonds is 5. The number of anilines is 1. The molecule has 0 aromatic carbocycles. The third-order valence-corrected chi connectivity index (χ3v) is 4.85. The van der Waals surface area contributed by atoms with E-state index in [-0.39, 0.29) is 18.9 Å². The zero-order valence-electron chi connectivity index (χ0n) is 11.4. The van der Waals surface area contributed by atoms with E-state index in [1.165, 1.54) is 5.01 Å². The number of nitrogens with one attached hydrogen (secondary N) is 3. The quantitative estimate of drug-likeness (QED) is 0.363. The van der Waals surface area contributed by atoms with Gasteiger partial charge in [-0.05, 0) is 17.9 Å². The van der Waals surface area contributed by atoms with Crippen LogP contribution in [0.3, 0.4) is 0 Å². The Bertz CT molecular complexity index is 580. The molecule has 2 aliphatic rings. The van der Waals surface area contributed by atoms with Crippen molar-refractivity contribution >= 4 is 24.3 Å². The zero-order valence-corrected chi connectivity index (χ0v) is 12.3. The van der Waals surface area contributed by atoms with Crippen LogP contribution in [0.5, 0.6) is 0 Å². The summed E-state index contributed by atoms with van der Waals surface area (Å²) in [7, 11) is 0. The minimum atomic E-state index is -1.61. The Morgan fingerprint density at radius 1 is 1.52 bits per heavy atom. The molecule has 1 aromatic heterocycles. The van der Waals surface area contributed by atoms with Crippen LogP contribution in [-0.2, 0) is 5.85 Å². The van der Waals surface area contributed by atoms with E-state index in [0.29, 0.717) is 11.4 Å². The standard InChI is InChI=1S/C12H18N4O4S/c1-5(9(21)7(18)2-3-17)6-4-13-10-8(6)16-11(19)14-12(10,20)15-16/h4-5,7,9,13,15,17-18,20-21H,2-3H2,1H3,(H,14,19)/t5-,7+,9-,12?/m0/s1. The summed E-state index contributed by atoms with van der Waals surface area (Å²) in [6, 6.07) is -0.440. The van der Waals surface area contributed by atoms with E-state index in [1.807, 2.05) is 6.92 Å². The van der Waals surface area contributed by atoms with Crippen LogP contribution in [0.15, 0.2) is 6.20 Å². The minimum absolute atomic E-state index is 0.119. The summed E-state index contributed by atoms with van der Waals surface area (Å²) in [5.74, 6) is -1.80. The zero-order chi connectivity index (χ0) is 15.4. The molecule has 9 heteroatoms. The first-order chi connectivity index (χ1) is 9.89. The summed E-state index contributed by atoms with van der Waals surface area (Å²) in [5.41, 5.74) is 4.44. The van der Waals surface area contributed by atoms with Crippen LogP contribution in [0.2, 0.25) is 0 Å². The van der Waals surface area contributed by atoms with Crippen LogP contribution in [0, 0.1) is 0 Å². The van der Waals surface area contributed by atoms with E-state index in [9.17, 15) is 15.0 Å². The van der Waals surface area contributed by atoms with Gasteiger partial charge in [0.1, 0.15) is 5.69 Å². The summed E-state index contributed by atoms with van der Waals surface area (Å²) in [6.07, 6.45) is 1.17. The molecule has 1 fully saturated rings. The highest BCUT2D eigenvalue weighted by Crippen LogP contribution is 2.44. The van der Waals surface area contributed by atoms with Gasteiger partial charge < -0.3 is 20.3 Å². The molecular weight excluding hydrogens is 296 g/mol. The Hall–Kier alpha value is -1.26. The van der Waals surface area contributed by atoms with Crippen molar-refractivity contribution < 1.29 is 20.1 Å². The van der Waals surface area contributed by atoms with Gasteiger partial charge in [0.25, 0.3) is 5.85 Å². The number of urea groups is 1. The second-order valence-electron chi connectivity index (χ2n) is 5.41. The average molecular weight is 314 g/mol. The summed E-state index contributed by atoms with van der Waals surface area (Å²) >= 11 is 4.42. The molecular formula is C12H18N4O4S. The highest BCUT2D eigenvalue weighted by molar-refractivity contribution is 7.81. The number of fused-ring (bicyclic) bond motifs is 5. The Morgan fingerprint density at radius 3 is 2.90 bits per heavy atom. The van der Waals surface area contributed by atoms with Crippen LogP contribution in [-0.4, -0.2) is 44.3 Å². The fourth-order valence-corrected chi connectivity index (χ4v) is 3.15. The monoisotopic (exact) mass is 314 g/mol. The van der Waals surface area contributed by atoms with Crippen LogP contribution >= 0.6 is 12.6 Å². The molecule has 2 amide bonds.